The van der Waals surface area contributed by atoms with E-state index in [1.165, 1.54) is 28.0 Å². The van der Waals surface area contributed by atoms with Crippen LogP contribution in [0.3, 0.4) is 0 Å². The summed E-state index contributed by atoms with van der Waals surface area (Å²) in [7, 11) is 2.66. The molecule has 0 aromatic rings. The van der Waals surface area contributed by atoms with Crippen molar-refractivity contribution >= 4 is 12.0 Å². The van der Waals surface area contributed by atoms with Crippen LogP contribution < -0.4 is 5.32 Å². The molecule has 1 N–H and O–H groups in total. The van der Waals surface area contributed by atoms with Crippen molar-refractivity contribution in [1.29, 1.82) is 0 Å². The summed E-state index contributed by atoms with van der Waals surface area (Å²) in [6, 6.07) is 0. The predicted octanol–water partition coefficient (Wildman–Crippen LogP) is 0.748. The summed E-state index contributed by atoms with van der Waals surface area (Å²) in [6.45, 7) is 2.84. The fourth-order valence-corrected chi connectivity index (χ4v) is 0.714. The van der Waals surface area contributed by atoms with Crippen LogP contribution in [0.1, 0.15) is 20.3 Å². The molecule has 0 aromatic carbocycles. The summed E-state index contributed by atoms with van der Waals surface area (Å²) in [5.74, 6) is -0.0229. The number of nitrogens with one attached hydrogen (secondary N) is 1. The second kappa shape index (κ2) is 5.89. The summed E-state index contributed by atoms with van der Waals surface area (Å²) >= 11 is 0. The second-order valence-corrected chi connectivity index (χ2v) is 3.56. The lowest BCUT2D eigenvalue weighted by Crippen LogP contribution is -2.34. The second-order valence-electron chi connectivity index (χ2n) is 3.56. The van der Waals surface area contributed by atoms with E-state index in [2.05, 4.69) is 15.3 Å². The summed E-state index contributed by atoms with van der Waals surface area (Å²) < 4.78 is 4.77. The Morgan fingerprint density at radius 1 is 1.56 bits per heavy atom. The standard InChI is InChI=1S/C8H15N3O5/c1-8(2,11(13)14)5-6(15-4)10-16-7(12)9-3/h5H2,1-4H3,(H,9,12). The molecule has 0 fully saturated rings. The lowest BCUT2D eigenvalue weighted by molar-refractivity contribution is -0.558. The Balaban J connectivity index is 4.52. The van der Waals surface area contributed by atoms with Gasteiger partial charge >= 0.3 is 6.09 Å². The molecule has 0 saturated heterocycles. The van der Waals surface area contributed by atoms with Gasteiger partial charge in [-0.25, -0.2) is 4.79 Å². The van der Waals surface area contributed by atoms with E-state index in [0.29, 0.717) is 0 Å². The van der Waals surface area contributed by atoms with Crippen LogP contribution in [0.15, 0.2) is 5.16 Å². The number of rotatable bonds is 4. The number of oxime groups is 1. The minimum absolute atomic E-state index is 0.0229. The molecule has 0 radical (unpaired) electrons. The molecule has 0 bridgehead atoms. The molecule has 0 saturated carbocycles. The molecule has 0 aromatic heterocycles. The van der Waals surface area contributed by atoms with Gasteiger partial charge in [0.25, 0.3) is 0 Å². The average molecular weight is 233 g/mol. The molecule has 0 aliphatic heterocycles. The van der Waals surface area contributed by atoms with Crippen LogP contribution in [0.4, 0.5) is 4.79 Å². The number of nitrogens with zero attached hydrogens (tertiary/aromatic N) is 2. The van der Waals surface area contributed by atoms with Gasteiger partial charge in [-0.15, -0.1) is 0 Å². The Kier molecular flexibility index (Phi) is 5.20. The topological polar surface area (TPSA) is 103 Å². The van der Waals surface area contributed by atoms with Gasteiger partial charge < -0.3 is 10.1 Å². The van der Waals surface area contributed by atoms with Crippen molar-refractivity contribution in [1.82, 2.24) is 5.32 Å². The highest BCUT2D eigenvalue weighted by atomic mass is 16.7. The summed E-state index contributed by atoms with van der Waals surface area (Å²) in [5.41, 5.74) is -1.24. The van der Waals surface area contributed by atoms with Gasteiger partial charge in [0.15, 0.2) is 0 Å². The number of nitro groups is 1. The van der Waals surface area contributed by atoms with Crippen LogP contribution in [0, 0.1) is 10.1 Å². The van der Waals surface area contributed by atoms with E-state index in [-0.39, 0.29) is 12.3 Å². The van der Waals surface area contributed by atoms with E-state index >= 15 is 0 Å². The molecule has 16 heavy (non-hydrogen) atoms. The zero-order valence-corrected chi connectivity index (χ0v) is 9.64. The van der Waals surface area contributed by atoms with E-state index in [0.717, 1.165) is 0 Å². The maximum absolute atomic E-state index is 10.7. The van der Waals surface area contributed by atoms with E-state index < -0.39 is 16.6 Å². The maximum Gasteiger partial charge on any atom is 0.433 e. The SMILES string of the molecule is CNC(=O)ON=C(CC(C)(C)[N+](=O)[O-])OC. The first-order chi connectivity index (χ1) is 7.33. The van der Waals surface area contributed by atoms with Crippen LogP contribution >= 0.6 is 0 Å². The molecule has 0 spiro atoms. The fourth-order valence-electron chi connectivity index (χ4n) is 0.714. The number of ether oxygens (including phenoxy) is 1. The number of methoxy groups -OCH3 is 1. The van der Waals surface area contributed by atoms with Crippen molar-refractivity contribution in [2.75, 3.05) is 14.2 Å². The number of amides is 1. The van der Waals surface area contributed by atoms with Gasteiger partial charge in [0, 0.05) is 25.8 Å². The molecular formula is C8H15N3O5. The van der Waals surface area contributed by atoms with E-state index in [1.807, 2.05) is 0 Å². The molecule has 0 aliphatic rings. The normalized spacial score (nSPS) is 11.9. The Morgan fingerprint density at radius 2 is 2.12 bits per heavy atom. The Bertz CT molecular complexity index is 300. The minimum Gasteiger partial charge on any atom is -0.482 e. The highest BCUT2D eigenvalue weighted by Gasteiger charge is 2.33. The van der Waals surface area contributed by atoms with Gasteiger partial charge in [-0.1, -0.05) is 0 Å². The van der Waals surface area contributed by atoms with Crippen LogP contribution in [0.2, 0.25) is 0 Å². The molecule has 0 rings (SSSR count). The number of carbonyl (C=O) groups is 1. The highest BCUT2D eigenvalue weighted by Crippen LogP contribution is 2.14. The third-order valence-corrected chi connectivity index (χ3v) is 1.75. The Labute approximate surface area is 92.7 Å². The quantitative estimate of drug-likeness (QED) is 0.254. The van der Waals surface area contributed by atoms with Crippen LogP contribution in [-0.2, 0) is 9.57 Å². The molecule has 8 heteroatoms. The van der Waals surface area contributed by atoms with Crippen molar-refractivity contribution in [2.24, 2.45) is 5.16 Å². The lowest BCUT2D eigenvalue weighted by Gasteiger charge is -2.15. The third-order valence-electron chi connectivity index (χ3n) is 1.75. The molecule has 0 aliphatic carbocycles. The highest BCUT2D eigenvalue weighted by molar-refractivity contribution is 5.77. The van der Waals surface area contributed by atoms with Crippen molar-refractivity contribution in [3.63, 3.8) is 0 Å². The number of hydrogen-bond donors (Lipinski definition) is 1. The van der Waals surface area contributed by atoms with E-state index in [1.54, 1.807) is 0 Å². The average Bonchev–Trinajstić information content (AvgIpc) is 2.23. The van der Waals surface area contributed by atoms with Crippen molar-refractivity contribution in [2.45, 2.75) is 25.8 Å². The van der Waals surface area contributed by atoms with E-state index in [9.17, 15) is 14.9 Å². The first-order valence-corrected chi connectivity index (χ1v) is 4.47. The van der Waals surface area contributed by atoms with Crippen molar-refractivity contribution in [3.8, 4) is 0 Å². The molecule has 1 amide bonds. The maximum atomic E-state index is 10.7. The minimum atomic E-state index is -1.24. The number of hydrogen-bond acceptors (Lipinski definition) is 6. The zero-order valence-electron chi connectivity index (χ0n) is 9.64. The molecule has 8 nitrogen and oxygen atoms in total. The van der Waals surface area contributed by atoms with Crippen LogP contribution in [0.25, 0.3) is 0 Å². The zero-order chi connectivity index (χ0) is 12.8. The molecule has 0 heterocycles. The predicted molar refractivity (Wildman–Crippen MR) is 55.7 cm³/mol. The molecular weight excluding hydrogens is 218 g/mol. The van der Waals surface area contributed by atoms with Gasteiger partial charge in [-0.2, -0.15) is 0 Å². The fraction of sp³-hybridized carbons (Fsp3) is 0.750. The summed E-state index contributed by atoms with van der Waals surface area (Å²) in [4.78, 5) is 25.2. The largest absolute Gasteiger partial charge is 0.482 e. The van der Waals surface area contributed by atoms with Crippen LogP contribution in [-0.4, -0.2) is 36.6 Å². The Hall–Kier alpha value is -1.86. The van der Waals surface area contributed by atoms with Gasteiger partial charge in [-0.3, -0.25) is 15.0 Å². The monoisotopic (exact) mass is 233 g/mol. The van der Waals surface area contributed by atoms with Gasteiger partial charge in [-0.05, 0) is 5.16 Å². The smallest absolute Gasteiger partial charge is 0.433 e. The van der Waals surface area contributed by atoms with Crippen molar-refractivity contribution in [3.05, 3.63) is 10.1 Å². The molecule has 0 unspecified atom stereocenters. The van der Waals surface area contributed by atoms with Crippen LogP contribution in [0.5, 0.6) is 0 Å². The lowest BCUT2D eigenvalue weighted by atomic mass is 10.0. The molecule has 92 valence electrons. The first-order valence-electron chi connectivity index (χ1n) is 4.47. The number of carbonyl (C=O) groups excluding carboxylic acids is 1. The van der Waals surface area contributed by atoms with Crippen molar-refractivity contribution < 1.29 is 19.3 Å². The van der Waals surface area contributed by atoms with Gasteiger partial charge in [0.1, 0.15) is 0 Å². The first kappa shape index (κ1) is 14.1. The summed E-state index contributed by atoms with van der Waals surface area (Å²) in [6.07, 6.45) is -0.846. The van der Waals surface area contributed by atoms with Gasteiger partial charge in [0.2, 0.25) is 11.4 Å². The Morgan fingerprint density at radius 3 is 2.50 bits per heavy atom. The third kappa shape index (κ3) is 4.58. The molecule has 0 atom stereocenters. The summed E-state index contributed by atoms with van der Waals surface area (Å²) in [5, 5.41) is 16.2. The van der Waals surface area contributed by atoms with E-state index in [4.69, 9.17) is 4.74 Å². The van der Waals surface area contributed by atoms with Gasteiger partial charge in [0.05, 0.1) is 13.5 Å².